The number of hydrogen-bond donors (Lipinski definition) is 0. The van der Waals surface area contributed by atoms with Crippen LogP contribution in [-0.2, 0) is 19.6 Å². The van der Waals surface area contributed by atoms with Gasteiger partial charge in [0.15, 0.2) is 0 Å². The number of likely N-dealkylation sites (tertiary alicyclic amines) is 1. The molecule has 2 amide bonds. The monoisotopic (exact) mass is 405 g/mol. The van der Waals surface area contributed by atoms with Crippen LogP contribution in [0.2, 0.25) is 0 Å². The van der Waals surface area contributed by atoms with E-state index in [1.807, 2.05) is 4.90 Å². The standard InChI is InChI=1S/C20H27N3O4S/c24-19-6-4-14-23(19)17-7-9-18(10-8-17)28(26,27)22-13-3-5-16(15-22)20(25)21-11-1-2-12-21/h7-10,16H,1-6,11-15H2/t16-/m0/s1. The van der Waals surface area contributed by atoms with Crippen molar-refractivity contribution in [3.8, 4) is 0 Å². The molecule has 4 rings (SSSR count). The molecular formula is C20H27N3O4S. The molecule has 152 valence electrons. The Morgan fingerprint density at radius 1 is 0.929 bits per heavy atom. The lowest BCUT2D eigenvalue weighted by molar-refractivity contribution is -0.135. The Morgan fingerprint density at radius 2 is 1.64 bits per heavy atom. The number of sulfonamides is 1. The number of anilines is 1. The Kier molecular flexibility index (Phi) is 5.42. The highest BCUT2D eigenvalue weighted by Gasteiger charge is 2.35. The van der Waals surface area contributed by atoms with Gasteiger partial charge in [0.1, 0.15) is 0 Å². The van der Waals surface area contributed by atoms with E-state index >= 15 is 0 Å². The van der Waals surface area contributed by atoms with Crippen molar-refractivity contribution in [1.29, 1.82) is 0 Å². The fourth-order valence-corrected chi connectivity index (χ4v) is 5.95. The lowest BCUT2D eigenvalue weighted by Gasteiger charge is -2.33. The topological polar surface area (TPSA) is 78.0 Å². The first-order valence-corrected chi connectivity index (χ1v) is 11.6. The molecule has 0 saturated carbocycles. The smallest absolute Gasteiger partial charge is 0.243 e. The second-order valence-corrected chi connectivity index (χ2v) is 9.82. The van der Waals surface area contributed by atoms with Gasteiger partial charge in [0.25, 0.3) is 0 Å². The second-order valence-electron chi connectivity index (χ2n) is 7.88. The van der Waals surface area contributed by atoms with E-state index in [1.165, 1.54) is 4.31 Å². The molecule has 0 unspecified atom stereocenters. The van der Waals surface area contributed by atoms with E-state index in [2.05, 4.69) is 0 Å². The Balaban J connectivity index is 1.47. The third-order valence-corrected chi connectivity index (χ3v) is 7.89. The van der Waals surface area contributed by atoms with E-state index in [4.69, 9.17) is 0 Å². The average Bonchev–Trinajstić information content (AvgIpc) is 3.39. The highest BCUT2D eigenvalue weighted by molar-refractivity contribution is 7.89. The van der Waals surface area contributed by atoms with Crippen LogP contribution in [-0.4, -0.2) is 62.2 Å². The summed E-state index contributed by atoms with van der Waals surface area (Å²) in [7, 11) is -3.65. The molecule has 3 aliphatic rings. The van der Waals surface area contributed by atoms with Gasteiger partial charge in [-0.2, -0.15) is 4.31 Å². The van der Waals surface area contributed by atoms with Crippen LogP contribution >= 0.6 is 0 Å². The van der Waals surface area contributed by atoms with E-state index < -0.39 is 10.0 Å². The van der Waals surface area contributed by atoms with E-state index in [0.717, 1.165) is 44.5 Å². The predicted octanol–water partition coefficient (Wildman–Crippen LogP) is 1.84. The summed E-state index contributed by atoms with van der Waals surface area (Å²) >= 11 is 0. The SMILES string of the molecule is O=C([C@H]1CCCN(S(=O)(=O)c2ccc(N3CCCC3=O)cc2)C1)N1CCCC1. The van der Waals surface area contributed by atoms with Crippen molar-refractivity contribution in [3.63, 3.8) is 0 Å². The van der Waals surface area contributed by atoms with Crippen LogP contribution in [0.5, 0.6) is 0 Å². The molecule has 7 nitrogen and oxygen atoms in total. The van der Waals surface area contributed by atoms with Crippen LogP contribution in [0, 0.1) is 5.92 Å². The first-order valence-electron chi connectivity index (χ1n) is 10.2. The number of carbonyl (C=O) groups excluding carboxylic acids is 2. The van der Waals surface area contributed by atoms with Crippen LogP contribution in [0.4, 0.5) is 5.69 Å². The highest BCUT2D eigenvalue weighted by atomic mass is 32.2. The van der Waals surface area contributed by atoms with E-state index in [1.54, 1.807) is 29.2 Å². The molecule has 0 aromatic heterocycles. The molecule has 0 bridgehead atoms. The van der Waals surface area contributed by atoms with Gasteiger partial charge in [0.05, 0.1) is 10.8 Å². The predicted molar refractivity (Wildman–Crippen MR) is 105 cm³/mol. The zero-order chi connectivity index (χ0) is 19.7. The number of rotatable bonds is 4. The fraction of sp³-hybridized carbons (Fsp3) is 0.600. The van der Waals surface area contributed by atoms with E-state index in [9.17, 15) is 18.0 Å². The van der Waals surface area contributed by atoms with Crippen LogP contribution in [0.3, 0.4) is 0 Å². The number of carbonyl (C=O) groups is 2. The minimum absolute atomic E-state index is 0.0786. The summed E-state index contributed by atoms with van der Waals surface area (Å²) in [6.45, 7) is 2.96. The molecule has 28 heavy (non-hydrogen) atoms. The molecule has 8 heteroatoms. The molecule has 0 spiro atoms. The molecule has 0 N–H and O–H groups in total. The van der Waals surface area contributed by atoms with Crippen molar-refractivity contribution >= 4 is 27.5 Å². The third kappa shape index (κ3) is 3.67. The summed E-state index contributed by atoms with van der Waals surface area (Å²) in [4.78, 5) is 28.4. The van der Waals surface area contributed by atoms with Crippen molar-refractivity contribution in [1.82, 2.24) is 9.21 Å². The summed E-state index contributed by atoms with van der Waals surface area (Å²) in [5.74, 6) is -0.0710. The van der Waals surface area contributed by atoms with Gasteiger partial charge >= 0.3 is 0 Å². The maximum Gasteiger partial charge on any atom is 0.243 e. The van der Waals surface area contributed by atoms with Crippen molar-refractivity contribution in [2.24, 2.45) is 5.92 Å². The summed E-state index contributed by atoms with van der Waals surface area (Å²) in [6, 6.07) is 6.55. The van der Waals surface area contributed by atoms with Gasteiger partial charge in [-0.15, -0.1) is 0 Å². The zero-order valence-corrected chi connectivity index (χ0v) is 16.9. The largest absolute Gasteiger partial charge is 0.342 e. The molecule has 3 saturated heterocycles. The molecule has 1 atom stereocenters. The second kappa shape index (κ2) is 7.83. The number of benzene rings is 1. The van der Waals surface area contributed by atoms with Crippen molar-refractivity contribution in [3.05, 3.63) is 24.3 Å². The summed E-state index contributed by atoms with van der Waals surface area (Å²) in [5, 5.41) is 0. The molecule has 0 aliphatic carbocycles. The zero-order valence-electron chi connectivity index (χ0n) is 16.0. The number of hydrogen-bond acceptors (Lipinski definition) is 4. The Morgan fingerprint density at radius 3 is 2.29 bits per heavy atom. The lowest BCUT2D eigenvalue weighted by Crippen LogP contribution is -2.46. The van der Waals surface area contributed by atoms with Gasteiger partial charge < -0.3 is 9.80 Å². The maximum absolute atomic E-state index is 13.1. The molecule has 1 aromatic carbocycles. The normalized spacial score (nSPS) is 24.1. The molecule has 3 aliphatic heterocycles. The molecule has 3 heterocycles. The average molecular weight is 406 g/mol. The quantitative estimate of drug-likeness (QED) is 0.766. The Hall–Kier alpha value is -1.93. The molecule has 1 aromatic rings. The molecule has 3 fully saturated rings. The van der Waals surface area contributed by atoms with Crippen LogP contribution in [0.1, 0.15) is 38.5 Å². The summed E-state index contributed by atoms with van der Waals surface area (Å²) in [5.41, 5.74) is 0.738. The molecular weight excluding hydrogens is 378 g/mol. The lowest BCUT2D eigenvalue weighted by atomic mass is 9.98. The van der Waals surface area contributed by atoms with Gasteiger partial charge in [-0.05, 0) is 56.4 Å². The maximum atomic E-state index is 13.1. The van der Waals surface area contributed by atoms with Crippen LogP contribution in [0.25, 0.3) is 0 Å². The van der Waals surface area contributed by atoms with Crippen molar-refractivity contribution in [2.75, 3.05) is 37.6 Å². The van der Waals surface area contributed by atoms with E-state index in [0.29, 0.717) is 25.9 Å². The summed E-state index contributed by atoms with van der Waals surface area (Å²) in [6.07, 6.45) is 4.89. The minimum Gasteiger partial charge on any atom is -0.342 e. The van der Waals surface area contributed by atoms with E-state index in [-0.39, 0.29) is 29.2 Å². The summed E-state index contributed by atoms with van der Waals surface area (Å²) < 4.78 is 27.6. The Bertz CT molecular complexity index is 847. The van der Waals surface area contributed by atoms with Crippen molar-refractivity contribution < 1.29 is 18.0 Å². The number of piperidine rings is 1. The van der Waals surface area contributed by atoms with Crippen LogP contribution < -0.4 is 4.90 Å². The van der Waals surface area contributed by atoms with Crippen molar-refractivity contribution in [2.45, 2.75) is 43.4 Å². The van der Waals surface area contributed by atoms with Gasteiger partial charge in [0, 0.05) is 44.8 Å². The fourth-order valence-electron chi connectivity index (χ4n) is 4.43. The van der Waals surface area contributed by atoms with Gasteiger partial charge in [-0.25, -0.2) is 8.42 Å². The third-order valence-electron chi connectivity index (χ3n) is 6.01. The van der Waals surface area contributed by atoms with Gasteiger partial charge in [0.2, 0.25) is 21.8 Å². The number of amides is 2. The first-order chi connectivity index (χ1) is 13.5. The Labute approximate surface area is 166 Å². The highest BCUT2D eigenvalue weighted by Crippen LogP contribution is 2.28. The number of nitrogens with zero attached hydrogens (tertiary/aromatic N) is 3. The molecule has 0 radical (unpaired) electrons. The van der Waals surface area contributed by atoms with Gasteiger partial charge in [-0.1, -0.05) is 0 Å². The van der Waals surface area contributed by atoms with Crippen LogP contribution in [0.15, 0.2) is 29.2 Å². The minimum atomic E-state index is -3.65. The first kappa shape index (κ1) is 19.4. The van der Waals surface area contributed by atoms with Gasteiger partial charge in [-0.3, -0.25) is 9.59 Å².